The minimum Gasteiger partial charge on any atom is -0.300 e. The molecule has 0 spiro atoms. The van der Waals surface area contributed by atoms with Gasteiger partial charge < -0.3 is 0 Å². The van der Waals surface area contributed by atoms with E-state index < -0.39 is 0 Å². The van der Waals surface area contributed by atoms with E-state index in [1.807, 2.05) is 6.20 Å². The van der Waals surface area contributed by atoms with E-state index in [0.29, 0.717) is 5.65 Å². The molecule has 2 aromatic rings. The number of fused-ring (bicyclic) bond motifs is 1. The fraction of sp³-hybridized carbons (Fsp3) is 0.400. The van der Waals surface area contributed by atoms with Crippen molar-refractivity contribution >= 4 is 5.65 Å². The highest BCUT2D eigenvalue weighted by atomic mass is 16.1. The van der Waals surface area contributed by atoms with E-state index in [9.17, 15) is 4.79 Å². The Morgan fingerprint density at radius 1 is 1.43 bits per heavy atom. The highest BCUT2D eigenvalue weighted by Gasteiger charge is 2.18. The van der Waals surface area contributed by atoms with Gasteiger partial charge in [-0.25, -0.2) is 9.50 Å². The molecule has 0 saturated heterocycles. The first kappa shape index (κ1) is 8.99. The summed E-state index contributed by atoms with van der Waals surface area (Å²) in [4.78, 5) is 15.7. The van der Waals surface area contributed by atoms with Gasteiger partial charge >= 0.3 is 0 Å². The second-order valence-corrected chi connectivity index (χ2v) is 4.40. The highest BCUT2D eigenvalue weighted by Crippen LogP contribution is 2.19. The Morgan fingerprint density at radius 3 is 2.71 bits per heavy atom. The Labute approximate surface area is 81.6 Å². The molecule has 74 valence electrons. The van der Waals surface area contributed by atoms with Gasteiger partial charge in [0.1, 0.15) is 0 Å². The zero-order valence-corrected chi connectivity index (χ0v) is 8.53. The fourth-order valence-corrected chi connectivity index (χ4v) is 1.28. The van der Waals surface area contributed by atoms with Crippen LogP contribution in [0, 0.1) is 0 Å². The molecule has 0 amide bonds. The van der Waals surface area contributed by atoms with Gasteiger partial charge in [0.05, 0.1) is 11.9 Å². The molecule has 0 aromatic carbocycles. The summed E-state index contributed by atoms with van der Waals surface area (Å²) in [5.41, 5.74) is 1.28. The molecule has 0 aliphatic heterocycles. The maximum absolute atomic E-state index is 11.4. The van der Waals surface area contributed by atoms with Gasteiger partial charge in [0.2, 0.25) is 5.43 Å². The van der Waals surface area contributed by atoms with Crippen LogP contribution in [0.25, 0.3) is 5.65 Å². The lowest BCUT2D eigenvalue weighted by atomic mass is 9.93. The van der Waals surface area contributed by atoms with Crippen molar-refractivity contribution in [3.8, 4) is 0 Å². The van der Waals surface area contributed by atoms with E-state index in [1.165, 1.54) is 6.07 Å². The molecular weight excluding hydrogens is 178 g/mol. The van der Waals surface area contributed by atoms with Crippen molar-refractivity contribution in [2.75, 3.05) is 0 Å². The van der Waals surface area contributed by atoms with Gasteiger partial charge in [0, 0.05) is 17.7 Å². The number of aromatic amines is 1. The standard InChI is InChI=1S/C10H13N3O/c1-10(2,3)8-6-13-9(12-8)7(14)4-5-11-13/h4-6,11H,1-3H3. The Hall–Kier alpha value is -1.58. The number of hydrogen-bond acceptors (Lipinski definition) is 2. The summed E-state index contributed by atoms with van der Waals surface area (Å²) >= 11 is 0. The highest BCUT2D eigenvalue weighted by molar-refractivity contribution is 5.38. The van der Waals surface area contributed by atoms with Crippen LogP contribution in [-0.4, -0.2) is 14.6 Å². The van der Waals surface area contributed by atoms with Crippen LogP contribution in [-0.2, 0) is 5.41 Å². The third-order valence-electron chi connectivity index (χ3n) is 2.14. The molecule has 14 heavy (non-hydrogen) atoms. The maximum atomic E-state index is 11.4. The summed E-state index contributed by atoms with van der Waals surface area (Å²) in [5, 5.41) is 2.94. The van der Waals surface area contributed by atoms with Crippen LogP contribution in [0.5, 0.6) is 0 Å². The lowest BCUT2D eigenvalue weighted by Gasteiger charge is -2.13. The monoisotopic (exact) mass is 191 g/mol. The molecule has 2 rings (SSSR count). The largest absolute Gasteiger partial charge is 0.300 e. The molecule has 4 nitrogen and oxygen atoms in total. The van der Waals surface area contributed by atoms with E-state index in [-0.39, 0.29) is 10.8 Å². The number of hydrogen-bond donors (Lipinski definition) is 1. The zero-order valence-electron chi connectivity index (χ0n) is 8.53. The van der Waals surface area contributed by atoms with Crippen LogP contribution in [0.15, 0.2) is 23.3 Å². The van der Waals surface area contributed by atoms with Crippen LogP contribution in [0.3, 0.4) is 0 Å². The first-order valence-corrected chi connectivity index (χ1v) is 4.56. The second-order valence-electron chi connectivity index (χ2n) is 4.40. The predicted molar refractivity (Wildman–Crippen MR) is 54.5 cm³/mol. The third-order valence-corrected chi connectivity index (χ3v) is 2.14. The minimum atomic E-state index is -0.0562. The summed E-state index contributed by atoms with van der Waals surface area (Å²) in [7, 11) is 0. The Balaban J connectivity index is 2.75. The number of nitrogens with zero attached hydrogens (tertiary/aromatic N) is 2. The van der Waals surface area contributed by atoms with Gasteiger partial charge in [-0.15, -0.1) is 0 Å². The maximum Gasteiger partial charge on any atom is 0.224 e. The Morgan fingerprint density at radius 2 is 2.14 bits per heavy atom. The summed E-state index contributed by atoms with van der Waals surface area (Å²) in [6.45, 7) is 6.21. The Kier molecular flexibility index (Phi) is 1.74. The summed E-state index contributed by atoms with van der Waals surface area (Å²) < 4.78 is 1.66. The molecule has 2 aromatic heterocycles. The summed E-state index contributed by atoms with van der Waals surface area (Å²) in [6, 6.07) is 1.48. The molecule has 0 unspecified atom stereocenters. The third kappa shape index (κ3) is 1.32. The van der Waals surface area contributed by atoms with Crippen LogP contribution >= 0.6 is 0 Å². The number of aromatic nitrogens is 3. The van der Waals surface area contributed by atoms with Crippen LogP contribution in [0.2, 0.25) is 0 Å². The molecule has 0 aliphatic rings. The minimum absolute atomic E-state index is 0.0354. The van der Waals surface area contributed by atoms with Gasteiger partial charge in [-0.05, 0) is 0 Å². The normalized spacial score (nSPS) is 12.2. The summed E-state index contributed by atoms with van der Waals surface area (Å²) in [5.74, 6) is 0. The quantitative estimate of drug-likeness (QED) is 0.682. The van der Waals surface area contributed by atoms with E-state index in [1.54, 1.807) is 10.7 Å². The molecule has 4 heteroatoms. The van der Waals surface area contributed by atoms with Crippen molar-refractivity contribution in [3.05, 3.63) is 34.4 Å². The van der Waals surface area contributed by atoms with Crippen molar-refractivity contribution in [1.82, 2.24) is 14.6 Å². The number of rotatable bonds is 0. The second kappa shape index (κ2) is 2.70. The number of nitrogens with one attached hydrogen (secondary N) is 1. The van der Waals surface area contributed by atoms with Crippen molar-refractivity contribution in [2.45, 2.75) is 26.2 Å². The molecule has 1 N–H and O–H groups in total. The molecule has 0 aliphatic carbocycles. The molecule has 0 atom stereocenters. The van der Waals surface area contributed by atoms with Crippen LogP contribution in [0.4, 0.5) is 0 Å². The number of imidazole rings is 1. The van der Waals surface area contributed by atoms with E-state index in [2.05, 4.69) is 30.9 Å². The summed E-state index contributed by atoms with van der Waals surface area (Å²) in [6.07, 6.45) is 3.47. The predicted octanol–water partition coefficient (Wildman–Crippen LogP) is 1.32. The fourth-order valence-electron chi connectivity index (χ4n) is 1.28. The van der Waals surface area contributed by atoms with E-state index in [0.717, 1.165) is 5.69 Å². The first-order chi connectivity index (χ1) is 6.48. The molecular formula is C10H13N3O. The topological polar surface area (TPSA) is 50.2 Å². The lowest BCUT2D eigenvalue weighted by molar-refractivity contribution is 0.572. The zero-order chi connectivity index (χ0) is 10.3. The molecule has 2 heterocycles. The lowest BCUT2D eigenvalue weighted by Crippen LogP contribution is -2.11. The van der Waals surface area contributed by atoms with Crippen molar-refractivity contribution in [1.29, 1.82) is 0 Å². The van der Waals surface area contributed by atoms with Gasteiger partial charge in [0.25, 0.3) is 0 Å². The van der Waals surface area contributed by atoms with Crippen LogP contribution in [0.1, 0.15) is 26.5 Å². The molecule has 0 fully saturated rings. The van der Waals surface area contributed by atoms with Gasteiger partial charge in [-0.3, -0.25) is 9.89 Å². The van der Waals surface area contributed by atoms with E-state index in [4.69, 9.17) is 0 Å². The van der Waals surface area contributed by atoms with Crippen molar-refractivity contribution in [3.63, 3.8) is 0 Å². The van der Waals surface area contributed by atoms with Gasteiger partial charge in [0.15, 0.2) is 5.65 Å². The molecule has 0 radical (unpaired) electrons. The Bertz CT molecular complexity index is 516. The molecule has 0 bridgehead atoms. The average Bonchev–Trinajstić information content (AvgIpc) is 2.48. The smallest absolute Gasteiger partial charge is 0.224 e. The van der Waals surface area contributed by atoms with Crippen LogP contribution < -0.4 is 5.43 Å². The van der Waals surface area contributed by atoms with E-state index >= 15 is 0 Å². The first-order valence-electron chi connectivity index (χ1n) is 4.56. The number of H-pyrrole nitrogens is 1. The van der Waals surface area contributed by atoms with Gasteiger partial charge in [-0.1, -0.05) is 20.8 Å². The SMILES string of the molecule is CC(C)(C)c1cn2[nH]ccc(=O)c2n1. The van der Waals surface area contributed by atoms with Crippen molar-refractivity contribution < 1.29 is 0 Å². The molecule has 0 saturated carbocycles. The average molecular weight is 191 g/mol. The van der Waals surface area contributed by atoms with Gasteiger partial charge in [-0.2, -0.15) is 0 Å². The van der Waals surface area contributed by atoms with Crippen molar-refractivity contribution in [2.24, 2.45) is 0 Å².